The molecule has 0 saturated carbocycles. The number of aliphatic hydroxyl groups excluding tert-OH is 1. The summed E-state index contributed by atoms with van der Waals surface area (Å²) < 4.78 is 32.4. The van der Waals surface area contributed by atoms with E-state index in [0.29, 0.717) is 25.7 Å². The first kappa shape index (κ1) is 49.9. The van der Waals surface area contributed by atoms with E-state index in [0.717, 1.165) is 57.8 Å². The number of carboxylic acid groups (broad SMARTS) is 1. The number of allylic oxidation sites excluding steroid dienone is 10. The van der Waals surface area contributed by atoms with E-state index in [9.17, 15) is 28.9 Å². The minimum Gasteiger partial charge on any atom is -0.480 e. The molecule has 0 radical (unpaired) electrons. The Balaban J connectivity index is 4.61. The van der Waals surface area contributed by atoms with E-state index in [-0.39, 0.29) is 19.4 Å². The molecule has 13 heteroatoms. The summed E-state index contributed by atoms with van der Waals surface area (Å²) in [4.78, 5) is 45.7. The molecular formula is C40H66NO11P. The molecular weight excluding hydrogens is 701 g/mol. The monoisotopic (exact) mass is 767 g/mol. The Morgan fingerprint density at radius 3 is 2.00 bits per heavy atom. The average Bonchev–Trinajstić information content (AvgIpc) is 3.13. The molecule has 2 unspecified atom stereocenters. The van der Waals surface area contributed by atoms with Crippen molar-refractivity contribution in [3.63, 3.8) is 0 Å². The lowest BCUT2D eigenvalue weighted by molar-refractivity contribution is -0.161. The number of hydrogen-bond donors (Lipinski definition) is 4. The van der Waals surface area contributed by atoms with E-state index in [2.05, 4.69) is 23.6 Å². The zero-order chi connectivity index (χ0) is 39.4. The van der Waals surface area contributed by atoms with Gasteiger partial charge in [0.25, 0.3) is 0 Å². The molecule has 0 saturated heterocycles. The third-order valence-electron chi connectivity index (χ3n) is 7.51. The van der Waals surface area contributed by atoms with Crippen LogP contribution >= 0.6 is 7.82 Å². The number of aliphatic hydroxyl groups is 1. The molecule has 53 heavy (non-hydrogen) atoms. The van der Waals surface area contributed by atoms with Gasteiger partial charge in [0.2, 0.25) is 0 Å². The molecule has 0 aliphatic carbocycles. The maximum absolute atomic E-state index is 12.5. The van der Waals surface area contributed by atoms with Gasteiger partial charge < -0.3 is 30.3 Å². The third kappa shape index (κ3) is 34.4. The molecule has 5 N–H and O–H groups in total. The van der Waals surface area contributed by atoms with Gasteiger partial charge in [0.1, 0.15) is 12.6 Å². The van der Waals surface area contributed by atoms with E-state index < -0.39 is 57.2 Å². The number of phosphoric ester groups is 1. The molecule has 0 spiro atoms. The number of carbonyl (C=O) groups is 3. The van der Waals surface area contributed by atoms with E-state index in [1.54, 1.807) is 6.08 Å². The topological polar surface area (TPSA) is 192 Å². The quantitative estimate of drug-likeness (QED) is 0.0161. The molecule has 302 valence electrons. The molecule has 0 heterocycles. The number of esters is 2. The van der Waals surface area contributed by atoms with Gasteiger partial charge in [-0.05, 0) is 64.2 Å². The number of carbonyl (C=O) groups excluding carboxylic acids is 2. The van der Waals surface area contributed by atoms with Crippen molar-refractivity contribution in [1.29, 1.82) is 0 Å². The second kappa shape index (κ2) is 34.6. The number of rotatable bonds is 34. The minimum atomic E-state index is -4.74. The predicted molar refractivity (Wildman–Crippen MR) is 209 cm³/mol. The Kier molecular flexibility index (Phi) is 32.6. The van der Waals surface area contributed by atoms with Gasteiger partial charge in [0.05, 0.1) is 19.3 Å². The Hall–Kier alpha value is -3.12. The SMILES string of the molecule is CC/C=C\C(O)C/C=C/C=C\C/C=C\C/C=C\CCCC(=O)O[C@H](COC(=O)CCCCCCC/C=C\CCCC)COP(=O)(O)OC[C@H](N)C(=O)O. The molecule has 4 atom stereocenters. The van der Waals surface area contributed by atoms with Gasteiger partial charge in [0, 0.05) is 12.8 Å². The number of nitrogens with two attached hydrogens (primary N) is 1. The first-order valence-corrected chi connectivity index (χ1v) is 20.6. The smallest absolute Gasteiger partial charge is 0.472 e. The number of carboxylic acids is 1. The number of ether oxygens (including phenoxy) is 2. The zero-order valence-electron chi connectivity index (χ0n) is 31.9. The van der Waals surface area contributed by atoms with Crippen molar-refractivity contribution >= 4 is 25.7 Å². The van der Waals surface area contributed by atoms with Crippen LogP contribution in [-0.4, -0.2) is 71.1 Å². The standard InChI is InChI=1S/C40H66NO11P/c1-3-5-7-8-9-10-13-17-20-23-26-30-38(43)49-32-36(33-50-53(47,48)51-34-37(41)40(45)46)52-39(44)31-27-24-21-18-15-12-11-14-16-19-22-25-29-35(42)28-6-4-2/h6,8-9,11-12,16,18-19,21-22,25,28,35-37,42H,3-5,7,10,13-15,17,20,23-24,26-27,29-34,41H2,1-2H3,(H,45,46)(H,47,48)/b9-8-,12-11-,19-16-,21-18-,25-22+,28-6-/t35?,36-,37+/m1/s1. The Bertz CT molecular complexity index is 1200. The lowest BCUT2D eigenvalue weighted by Crippen LogP contribution is -2.34. The fraction of sp³-hybridized carbons (Fsp3) is 0.625. The first-order chi connectivity index (χ1) is 25.5. The van der Waals surface area contributed by atoms with E-state index in [1.165, 1.54) is 12.8 Å². The van der Waals surface area contributed by atoms with Crippen LogP contribution < -0.4 is 5.73 Å². The summed E-state index contributed by atoms with van der Waals surface area (Å²) in [5.74, 6) is -2.51. The fourth-order valence-corrected chi connectivity index (χ4v) is 5.23. The highest BCUT2D eigenvalue weighted by Gasteiger charge is 2.28. The van der Waals surface area contributed by atoms with Gasteiger partial charge in [-0.25, -0.2) is 4.57 Å². The van der Waals surface area contributed by atoms with Gasteiger partial charge in [0.15, 0.2) is 6.10 Å². The van der Waals surface area contributed by atoms with Crippen LogP contribution in [0.3, 0.4) is 0 Å². The van der Waals surface area contributed by atoms with Gasteiger partial charge >= 0.3 is 25.7 Å². The van der Waals surface area contributed by atoms with Crippen molar-refractivity contribution in [1.82, 2.24) is 0 Å². The number of phosphoric acid groups is 1. The number of unbranched alkanes of at least 4 members (excludes halogenated alkanes) is 8. The van der Waals surface area contributed by atoms with Crippen molar-refractivity contribution in [2.24, 2.45) is 5.73 Å². The average molecular weight is 768 g/mol. The molecule has 0 rings (SSSR count). The normalized spacial score (nSPS) is 15.3. The predicted octanol–water partition coefficient (Wildman–Crippen LogP) is 8.36. The lowest BCUT2D eigenvalue weighted by Gasteiger charge is -2.20. The second-order valence-corrected chi connectivity index (χ2v) is 14.0. The van der Waals surface area contributed by atoms with Crippen LogP contribution in [-0.2, 0) is 37.5 Å². The molecule has 0 amide bonds. The second-order valence-electron chi connectivity index (χ2n) is 12.5. The van der Waals surface area contributed by atoms with E-state index >= 15 is 0 Å². The molecule has 12 nitrogen and oxygen atoms in total. The van der Waals surface area contributed by atoms with Gasteiger partial charge in [-0.15, -0.1) is 0 Å². The molecule has 0 aromatic carbocycles. The van der Waals surface area contributed by atoms with Crippen LogP contribution in [0.4, 0.5) is 0 Å². The minimum absolute atomic E-state index is 0.0597. The molecule has 0 aliphatic rings. The molecule has 0 bridgehead atoms. The van der Waals surface area contributed by atoms with E-state index in [4.69, 9.17) is 24.8 Å². The molecule has 0 aromatic rings. The highest BCUT2D eigenvalue weighted by atomic mass is 31.2. The Morgan fingerprint density at radius 1 is 0.698 bits per heavy atom. The van der Waals surface area contributed by atoms with Crippen molar-refractivity contribution in [2.45, 2.75) is 141 Å². The summed E-state index contributed by atoms with van der Waals surface area (Å²) >= 11 is 0. The highest BCUT2D eigenvalue weighted by Crippen LogP contribution is 2.43. The summed E-state index contributed by atoms with van der Waals surface area (Å²) in [7, 11) is -4.74. The van der Waals surface area contributed by atoms with Crippen LogP contribution in [0, 0.1) is 0 Å². The van der Waals surface area contributed by atoms with Crippen molar-refractivity contribution < 1.29 is 52.6 Å². The summed E-state index contributed by atoms with van der Waals surface area (Å²) in [5, 5.41) is 18.6. The first-order valence-electron chi connectivity index (χ1n) is 19.1. The van der Waals surface area contributed by atoms with Crippen molar-refractivity contribution in [3.8, 4) is 0 Å². The third-order valence-corrected chi connectivity index (χ3v) is 8.46. The van der Waals surface area contributed by atoms with Crippen LogP contribution in [0.5, 0.6) is 0 Å². The van der Waals surface area contributed by atoms with Crippen LogP contribution in [0.2, 0.25) is 0 Å². The molecule has 0 aromatic heterocycles. The lowest BCUT2D eigenvalue weighted by atomic mass is 10.1. The van der Waals surface area contributed by atoms with Crippen molar-refractivity contribution in [2.75, 3.05) is 19.8 Å². The largest absolute Gasteiger partial charge is 0.480 e. The molecule has 0 fully saturated rings. The van der Waals surface area contributed by atoms with Crippen LogP contribution in [0.25, 0.3) is 0 Å². The van der Waals surface area contributed by atoms with Crippen LogP contribution in [0.15, 0.2) is 72.9 Å². The van der Waals surface area contributed by atoms with Gasteiger partial charge in [-0.3, -0.25) is 23.4 Å². The van der Waals surface area contributed by atoms with Gasteiger partial charge in [-0.2, -0.15) is 0 Å². The number of aliphatic carboxylic acids is 1. The summed E-state index contributed by atoms with van der Waals surface area (Å²) in [6.07, 6.45) is 36.1. The van der Waals surface area contributed by atoms with Gasteiger partial charge in [-0.1, -0.05) is 119 Å². The maximum atomic E-state index is 12.5. The van der Waals surface area contributed by atoms with E-state index in [1.807, 2.05) is 61.6 Å². The maximum Gasteiger partial charge on any atom is 0.472 e. The number of hydrogen-bond acceptors (Lipinski definition) is 10. The van der Waals surface area contributed by atoms with Crippen LogP contribution in [0.1, 0.15) is 123 Å². The summed E-state index contributed by atoms with van der Waals surface area (Å²) in [6, 6.07) is -1.54. The van der Waals surface area contributed by atoms with Crippen molar-refractivity contribution in [3.05, 3.63) is 72.9 Å². The fourth-order valence-electron chi connectivity index (χ4n) is 4.45. The summed E-state index contributed by atoms with van der Waals surface area (Å²) in [6.45, 7) is 2.41. The summed E-state index contributed by atoms with van der Waals surface area (Å²) in [5.41, 5.74) is 5.30. The highest BCUT2D eigenvalue weighted by molar-refractivity contribution is 7.47. The Labute approximate surface area is 317 Å². The Morgan fingerprint density at radius 2 is 1.28 bits per heavy atom. The zero-order valence-corrected chi connectivity index (χ0v) is 32.8. The molecule has 0 aliphatic heterocycles.